The summed E-state index contributed by atoms with van der Waals surface area (Å²) in [6.07, 6.45) is 5.83. The molecule has 0 aliphatic heterocycles. The molecule has 3 nitrogen and oxygen atoms in total. The highest BCUT2D eigenvalue weighted by Gasteiger charge is 2.44. The van der Waals surface area contributed by atoms with Gasteiger partial charge in [0.15, 0.2) is 0 Å². The van der Waals surface area contributed by atoms with Gasteiger partial charge in [-0.15, -0.1) is 6.58 Å². The topological polar surface area (TPSA) is 46.3 Å². The van der Waals surface area contributed by atoms with E-state index < -0.39 is 0 Å². The fourth-order valence-corrected chi connectivity index (χ4v) is 2.15. The molecule has 0 aromatic heterocycles. The summed E-state index contributed by atoms with van der Waals surface area (Å²) in [7, 11) is 0. The zero-order valence-corrected chi connectivity index (χ0v) is 9.67. The lowest BCUT2D eigenvalue weighted by molar-refractivity contribution is -0.146. The first-order valence-corrected chi connectivity index (χ1v) is 5.80. The van der Waals surface area contributed by atoms with E-state index in [-0.39, 0.29) is 11.3 Å². The van der Waals surface area contributed by atoms with Gasteiger partial charge in [0.2, 0.25) is 5.91 Å². The summed E-state index contributed by atoms with van der Waals surface area (Å²) in [5.41, 5.74) is 5.49. The zero-order valence-electron chi connectivity index (χ0n) is 9.67. The maximum absolute atomic E-state index is 12.3. The Labute approximate surface area is 92.3 Å². The molecular weight excluding hydrogens is 188 g/mol. The Balaban J connectivity index is 2.65. The minimum absolute atomic E-state index is 0.234. The Kier molecular flexibility index (Phi) is 4.33. The third kappa shape index (κ3) is 2.40. The average Bonchev–Trinajstić information content (AvgIpc) is 2.16. The van der Waals surface area contributed by atoms with Crippen LogP contribution >= 0.6 is 0 Å². The van der Waals surface area contributed by atoms with Crippen molar-refractivity contribution in [3.63, 3.8) is 0 Å². The highest BCUT2D eigenvalue weighted by atomic mass is 16.2. The summed E-state index contributed by atoms with van der Waals surface area (Å²) in [6.45, 7) is 7.72. The first-order valence-electron chi connectivity index (χ1n) is 5.80. The summed E-state index contributed by atoms with van der Waals surface area (Å²) >= 11 is 0. The molecule has 0 aromatic rings. The van der Waals surface area contributed by atoms with Crippen LogP contribution in [0, 0.1) is 5.41 Å². The predicted octanol–water partition coefficient (Wildman–Crippen LogP) is 1.54. The number of hydrogen-bond donors (Lipinski definition) is 1. The van der Waals surface area contributed by atoms with Gasteiger partial charge in [0, 0.05) is 19.6 Å². The summed E-state index contributed by atoms with van der Waals surface area (Å²) in [4.78, 5) is 14.1. The largest absolute Gasteiger partial charge is 0.338 e. The highest BCUT2D eigenvalue weighted by Crippen LogP contribution is 2.41. The highest BCUT2D eigenvalue weighted by molar-refractivity contribution is 5.84. The Morgan fingerprint density at radius 3 is 2.60 bits per heavy atom. The third-order valence-corrected chi connectivity index (χ3v) is 3.29. The van der Waals surface area contributed by atoms with Crippen molar-refractivity contribution in [2.75, 3.05) is 19.6 Å². The predicted molar refractivity (Wildman–Crippen MR) is 62.4 cm³/mol. The molecule has 3 heteroatoms. The first kappa shape index (κ1) is 12.2. The molecule has 0 aromatic carbocycles. The van der Waals surface area contributed by atoms with E-state index in [1.165, 1.54) is 0 Å². The zero-order chi connectivity index (χ0) is 11.3. The maximum atomic E-state index is 12.3. The summed E-state index contributed by atoms with van der Waals surface area (Å²) in [5.74, 6) is 0.234. The molecule has 0 bridgehead atoms. The van der Waals surface area contributed by atoms with E-state index in [2.05, 4.69) is 13.5 Å². The normalized spacial score (nSPS) is 18.0. The van der Waals surface area contributed by atoms with Crippen LogP contribution < -0.4 is 5.73 Å². The van der Waals surface area contributed by atoms with Crippen LogP contribution in [0.4, 0.5) is 0 Å². The quantitative estimate of drug-likeness (QED) is 0.676. The molecule has 0 atom stereocenters. The van der Waals surface area contributed by atoms with Gasteiger partial charge in [-0.1, -0.05) is 19.4 Å². The van der Waals surface area contributed by atoms with Gasteiger partial charge in [0.1, 0.15) is 0 Å². The maximum Gasteiger partial charge on any atom is 0.230 e. The van der Waals surface area contributed by atoms with Crippen molar-refractivity contribution in [3.8, 4) is 0 Å². The Bertz CT molecular complexity index is 228. The van der Waals surface area contributed by atoms with Gasteiger partial charge in [-0.2, -0.15) is 0 Å². The number of amides is 1. The molecule has 0 radical (unpaired) electrons. The number of hydrogen-bond acceptors (Lipinski definition) is 2. The molecule has 15 heavy (non-hydrogen) atoms. The van der Waals surface area contributed by atoms with Gasteiger partial charge in [-0.05, 0) is 19.3 Å². The van der Waals surface area contributed by atoms with Crippen molar-refractivity contribution >= 4 is 5.91 Å². The second-order valence-electron chi connectivity index (χ2n) is 4.38. The van der Waals surface area contributed by atoms with Gasteiger partial charge in [-0.25, -0.2) is 0 Å². The number of rotatable bonds is 6. The lowest BCUT2D eigenvalue weighted by Crippen LogP contribution is -2.52. The van der Waals surface area contributed by atoms with E-state index in [4.69, 9.17) is 5.73 Å². The van der Waals surface area contributed by atoms with Crippen molar-refractivity contribution < 1.29 is 4.79 Å². The molecule has 0 saturated heterocycles. The number of carbonyl (C=O) groups is 1. The molecule has 1 rings (SSSR count). The van der Waals surface area contributed by atoms with E-state index in [0.29, 0.717) is 13.1 Å². The minimum atomic E-state index is -0.238. The van der Waals surface area contributed by atoms with Gasteiger partial charge in [0.05, 0.1) is 5.41 Å². The average molecular weight is 210 g/mol. The lowest BCUT2D eigenvalue weighted by atomic mass is 9.68. The van der Waals surface area contributed by atoms with Gasteiger partial charge in [-0.3, -0.25) is 4.79 Å². The SMILES string of the molecule is C=CCN(CCC)C(=O)C1(CN)CCC1. The first-order chi connectivity index (χ1) is 7.20. The summed E-state index contributed by atoms with van der Waals surface area (Å²) in [6, 6.07) is 0. The van der Waals surface area contributed by atoms with Gasteiger partial charge in [0.25, 0.3) is 0 Å². The van der Waals surface area contributed by atoms with Crippen LogP contribution in [0.1, 0.15) is 32.6 Å². The summed E-state index contributed by atoms with van der Waals surface area (Å²) in [5, 5.41) is 0. The molecule has 0 heterocycles. The van der Waals surface area contributed by atoms with Crippen molar-refractivity contribution in [3.05, 3.63) is 12.7 Å². The van der Waals surface area contributed by atoms with E-state index in [0.717, 1.165) is 32.2 Å². The fraction of sp³-hybridized carbons (Fsp3) is 0.750. The van der Waals surface area contributed by atoms with Crippen LogP contribution in [0.3, 0.4) is 0 Å². The second-order valence-corrected chi connectivity index (χ2v) is 4.38. The van der Waals surface area contributed by atoms with Crippen molar-refractivity contribution in [2.24, 2.45) is 11.1 Å². The van der Waals surface area contributed by atoms with Crippen LogP contribution in [0.5, 0.6) is 0 Å². The van der Waals surface area contributed by atoms with Gasteiger partial charge >= 0.3 is 0 Å². The van der Waals surface area contributed by atoms with Crippen molar-refractivity contribution in [1.29, 1.82) is 0 Å². The fourth-order valence-electron chi connectivity index (χ4n) is 2.15. The number of nitrogens with zero attached hydrogens (tertiary/aromatic N) is 1. The van der Waals surface area contributed by atoms with Crippen molar-refractivity contribution in [1.82, 2.24) is 4.90 Å². The smallest absolute Gasteiger partial charge is 0.230 e. The molecule has 86 valence electrons. The number of carbonyl (C=O) groups excluding carboxylic acids is 1. The standard InChI is InChI=1S/C12H22N2O/c1-3-8-14(9-4-2)11(15)12(10-13)6-5-7-12/h3H,1,4-10,13H2,2H3. The van der Waals surface area contributed by atoms with Crippen LogP contribution in [0.15, 0.2) is 12.7 Å². The molecule has 2 N–H and O–H groups in total. The van der Waals surface area contributed by atoms with Crippen LogP contribution in [0.25, 0.3) is 0 Å². The Morgan fingerprint density at radius 2 is 2.27 bits per heavy atom. The molecule has 1 saturated carbocycles. The molecule has 0 spiro atoms. The Hall–Kier alpha value is -0.830. The van der Waals surface area contributed by atoms with Gasteiger partial charge < -0.3 is 10.6 Å². The molecule has 1 aliphatic rings. The van der Waals surface area contributed by atoms with Crippen LogP contribution in [-0.4, -0.2) is 30.4 Å². The second kappa shape index (κ2) is 5.31. The molecule has 1 amide bonds. The van der Waals surface area contributed by atoms with E-state index in [1.807, 2.05) is 4.90 Å². The summed E-state index contributed by atoms with van der Waals surface area (Å²) < 4.78 is 0. The van der Waals surface area contributed by atoms with Crippen molar-refractivity contribution in [2.45, 2.75) is 32.6 Å². The molecule has 1 aliphatic carbocycles. The van der Waals surface area contributed by atoms with E-state index in [1.54, 1.807) is 6.08 Å². The number of nitrogens with two attached hydrogens (primary N) is 1. The van der Waals surface area contributed by atoms with E-state index in [9.17, 15) is 4.79 Å². The molecular formula is C12H22N2O. The monoisotopic (exact) mass is 210 g/mol. The minimum Gasteiger partial charge on any atom is -0.338 e. The Morgan fingerprint density at radius 1 is 1.60 bits per heavy atom. The van der Waals surface area contributed by atoms with Crippen LogP contribution in [-0.2, 0) is 4.79 Å². The lowest BCUT2D eigenvalue weighted by Gasteiger charge is -2.42. The third-order valence-electron chi connectivity index (χ3n) is 3.29. The molecule has 0 unspecified atom stereocenters. The van der Waals surface area contributed by atoms with Crippen LogP contribution in [0.2, 0.25) is 0 Å². The van der Waals surface area contributed by atoms with E-state index >= 15 is 0 Å². The molecule has 1 fully saturated rings.